The van der Waals surface area contributed by atoms with Gasteiger partial charge in [-0.05, 0) is 60.9 Å². The topological polar surface area (TPSA) is 58.6 Å². The molecule has 0 aliphatic carbocycles. The van der Waals surface area contributed by atoms with Crippen molar-refractivity contribution in [2.75, 3.05) is 13.1 Å². The molecule has 0 bridgehead atoms. The lowest BCUT2D eigenvalue weighted by molar-refractivity contribution is -0.133. The van der Waals surface area contributed by atoms with Gasteiger partial charge in [-0.15, -0.1) is 0 Å². The molecule has 2 amide bonds. The number of carbonyl (C=O) groups excluding carboxylic acids is 2. The van der Waals surface area contributed by atoms with Crippen molar-refractivity contribution in [3.63, 3.8) is 0 Å². The molecule has 1 N–H and O–H groups in total. The van der Waals surface area contributed by atoms with Crippen LogP contribution in [0.1, 0.15) is 75.3 Å². The van der Waals surface area contributed by atoms with Crippen molar-refractivity contribution in [3.05, 3.63) is 64.7 Å². The summed E-state index contributed by atoms with van der Waals surface area (Å²) < 4.78 is 6.16. The molecule has 0 saturated heterocycles. The normalized spacial score (nSPS) is 16.3. The molecule has 2 atom stereocenters. The molecule has 33 heavy (non-hydrogen) atoms. The Hall–Kier alpha value is -2.82. The Morgan fingerprint density at radius 3 is 2.61 bits per heavy atom. The fourth-order valence-corrected chi connectivity index (χ4v) is 4.42. The van der Waals surface area contributed by atoms with E-state index in [1.165, 1.54) is 11.1 Å². The van der Waals surface area contributed by atoms with Crippen molar-refractivity contribution < 1.29 is 14.3 Å². The Morgan fingerprint density at radius 2 is 1.94 bits per heavy atom. The Balaban J connectivity index is 1.89. The zero-order valence-corrected chi connectivity index (χ0v) is 20.7. The fourth-order valence-electron chi connectivity index (χ4n) is 4.42. The second kappa shape index (κ2) is 11.4. The fraction of sp³-hybridized carbons (Fsp3) is 0.500. The monoisotopic (exact) mass is 450 g/mol. The summed E-state index contributed by atoms with van der Waals surface area (Å²) in [4.78, 5) is 27.5. The highest BCUT2D eigenvalue weighted by molar-refractivity contribution is 5.81. The summed E-state index contributed by atoms with van der Waals surface area (Å²) in [5.74, 6) is 1.28. The molecule has 1 heterocycles. The highest BCUT2D eigenvalue weighted by Gasteiger charge is 2.32. The average Bonchev–Trinajstić information content (AvgIpc) is 2.80. The Morgan fingerprint density at radius 1 is 1.15 bits per heavy atom. The first-order chi connectivity index (χ1) is 15.8. The molecule has 0 aromatic heterocycles. The minimum Gasteiger partial charge on any atom is -0.481 e. The second-order valence-corrected chi connectivity index (χ2v) is 9.36. The molecule has 3 rings (SSSR count). The van der Waals surface area contributed by atoms with Crippen LogP contribution >= 0.6 is 0 Å². The number of carbonyl (C=O) groups is 2. The quantitative estimate of drug-likeness (QED) is 0.571. The maximum atomic E-state index is 12.8. The predicted octanol–water partition coefficient (Wildman–Crippen LogP) is 5.20. The first-order valence-electron chi connectivity index (χ1n) is 12.3. The Kier molecular flexibility index (Phi) is 8.54. The number of ether oxygens (including phenoxy) is 1. The Labute approximate surface area is 198 Å². The summed E-state index contributed by atoms with van der Waals surface area (Å²) >= 11 is 0. The predicted molar refractivity (Wildman–Crippen MR) is 132 cm³/mol. The van der Waals surface area contributed by atoms with Gasteiger partial charge in [0, 0.05) is 19.5 Å². The van der Waals surface area contributed by atoms with Crippen LogP contribution in [-0.4, -0.2) is 35.9 Å². The molecule has 0 saturated carbocycles. The molecule has 2 aromatic rings. The van der Waals surface area contributed by atoms with E-state index in [9.17, 15) is 9.59 Å². The van der Waals surface area contributed by atoms with Crippen molar-refractivity contribution in [3.8, 4) is 5.75 Å². The maximum absolute atomic E-state index is 12.8. The van der Waals surface area contributed by atoms with Gasteiger partial charge in [0.1, 0.15) is 5.75 Å². The van der Waals surface area contributed by atoms with Gasteiger partial charge < -0.3 is 15.0 Å². The third kappa shape index (κ3) is 6.16. The number of nitrogens with one attached hydrogen (secondary N) is 1. The highest BCUT2D eigenvalue weighted by Crippen LogP contribution is 2.38. The van der Waals surface area contributed by atoms with E-state index >= 15 is 0 Å². The highest BCUT2D eigenvalue weighted by atomic mass is 16.5. The summed E-state index contributed by atoms with van der Waals surface area (Å²) in [6.07, 6.45) is 2.29. The Bertz CT molecular complexity index is 969. The maximum Gasteiger partial charge on any atom is 0.261 e. The van der Waals surface area contributed by atoms with E-state index < -0.39 is 6.10 Å². The summed E-state index contributed by atoms with van der Waals surface area (Å²) in [6.45, 7) is 11.6. The van der Waals surface area contributed by atoms with Crippen LogP contribution in [0.4, 0.5) is 0 Å². The van der Waals surface area contributed by atoms with Crippen LogP contribution in [0.2, 0.25) is 0 Å². The zero-order valence-electron chi connectivity index (χ0n) is 20.7. The molecule has 5 nitrogen and oxygen atoms in total. The molecule has 0 fully saturated rings. The van der Waals surface area contributed by atoms with Gasteiger partial charge >= 0.3 is 0 Å². The molecular weight excluding hydrogens is 412 g/mol. The zero-order chi connectivity index (χ0) is 24.0. The molecular formula is C28H38N2O3. The van der Waals surface area contributed by atoms with Crippen LogP contribution in [0.3, 0.4) is 0 Å². The van der Waals surface area contributed by atoms with E-state index in [-0.39, 0.29) is 17.9 Å². The van der Waals surface area contributed by atoms with Crippen molar-refractivity contribution >= 4 is 11.8 Å². The van der Waals surface area contributed by atoms with Crippen LogP contribution < -0.4 is 10.1 Å². The van der Waals surface area contributed by atoms with E-state index in [2.05, 4.69) is 50.4 Å². The van der Waals surface area contributed by atoms with Crippen molar-refractivity contribution in [1.29, 1.82) is 0 Å². The molecule has 178 valence electrons. The smallest absolute Gasteiger partial charge is 0.261 e. The number of benzene rings is 2. The number of aryl methyl sites for hydroxylation is 1. The molecule has 0 spiro atoms. The van der Waals surface area contributed by atoms with Gasteiger partial charge in [0.15, 0.2) is 6.10 Å². The summed E-state index contributed by atoms with van der Waals surface area (Å²) in [5, 5.41) is 3.00. The molecule has 0 radical (unpaired) electrons. The molecule has 5 heteroatoms. The van der Waals surface area contributed by atoms with Gasteiger partial charge in [0.2, 0.25) is 5.91 Å². The average molecular weight is 451 g/mol. The van der Waals surface area contributed by atoms with Crippen molar-refractivity contribution in [2.24, 2.45) is 5.92 Å². The lowest BCUT2D eigenvalue weighted by Gasteiger charge is -2.38. The lowest BCUT2D eigenvalue weighted by Crippen LogP contribution is -2.40. The van der Waals surface area contributed by atoms with Gasteiger partial charge in [-0.2, -0.15) is 0 Å². The number of hydrogen-bond acceptors (Lipinski definition) is 3. The van der Waals surface area contributed by atoms with Crippen LogP contribution in [0, 0.1) is 12.8 Å². The van der Waals surface area contributed by atoms with Crippen LogP contribution in [0.5, 0.6) is 5.75 Å². The van der Waals surface area contributed by atoms with E-state index in [1.807, 2.05) is 36.9 Å². The largest absolute Gasteiger partial charge is 0.481 e. The van der Waals surface area contributed by atoms with Crippen molar-refractivity contribution in [1.82, 2.24) is 10.2 Å². The van der Waals surface area contributed by atoms with E-state index in [0.717, 1.165) is 24.0 Å². The second-order valence-electron chi connectivity index (χ2n) is 9.36. The first-order valence-corrected chi connectivity index (χ1v) is 12.3. The first kappa shape index (κ1) is 24.8. The third-order valence-electron chi connectivity index (χ3n) is 6.29. The van der Waals surface area contributed by atoms with Gasteiger partial charge in [0.25, 0.3) is 5.91 Å². The number of nitrogens with zero attached hydrogens (tertiary/aromatic N) is 1. The molecule has 1 aliphatic rings. The number of fused-ring (bicyclic) bond motifs is 1. The van der Waals surface area contributed by atoms with Gasteiger partial charge in [0.05, 0.1) is 6.04 Å². The standard InChI is InChI=1S/C28H38N2O3/c1-6-25(28(32)29-15-13-19(3)4)33-23-12-11-21-14-16-30(26(31)7-2)27(24(21)18-23)22-10-8-9-20(5)17-22/h8-12,17-19,25,27H,6-7,13-16H2,1-5H3,(H,29,32)/t25-,27-/m1/s1. The lowest BCUT2D eigenvalue weighted by atomic mass is 9.87. The van der Waals surface area contributed by atoms with Crippen LogP contribution in [0.25, 0.3) is 0 Å². The van der Waals surface area contributed by atoms with E-state index in [4.69, 9.17) is 4.74 Å². The van der Waals surface area contributed by atoms with E-state index in [0.29, 0.717) is 37.6 Å². The summed E-state index contributed by atoms with van der Waals surface area (Å²) in [6, 6.07) is 14.3. The molecule has 1 aliphatic heterocycles. The van der Waals surface area contributed by atoms with Gasteiger partial charge in [-0.25, -0.2) is 0 Å². The molecule has 2 aromatic carbocycles. The van der Waals surface area contributed by atoms with Gasteiger partial charge in [-0.3, -0.25) is 9.59 Å². The summed E-state index contributed by atoms with van der Waals surface area (Å²) in [5.41, 5.74) is 4.58. The minimum absolute atomic E-state index is 0.0751. The summed E-state index contributed by atoms with van der Waals surface area (Å²) in [7, 11) is 0. The third-order valence-corrected chi connectivity index (χ3v) is 6.29. The van der Waals surface area contributed by atoms with Crippen LogP contribution in [0.15, 0.2) is 42.5 Å². The molecule has 0 unspecified atom stereocenters. The number of amides is 2. The van der Waals surface area contributed by atoms with Crippen molar-refractivity contribution in [2.45, 2.75) is 72.4 Å². The van der Waals surface area contributed by atoms with Gasteiger partial charge in [-0.1, -0.05) is 63.6 Å². The SMILES string of the molecule is CCC(=O)N1CCc2ccc(O[C@H](CC)C(=O)NCCC(C)C)cc2[C@H]1c1cccc(C)c1. The van der Waals surface area contributed by atoms with Crippen LogP contribution in [-0.2, 0) is 16.0 Å². The minimum atomic E-state index is -0.537. The number of rotatable bonds is 9. The van der Waals surface area contributed by atoms with E-state index in [1.54, 1.807) is 0 Å². The number of hydrogen-bond donors (Lipinski definition) is 1.